The van der Waals surface area contributed by atoms with E-state index in [0.717, 1.165) is 12.1 Å². The van der Waals surface area contributed by atoms with Crippen molar-refractivity contribution in [3.8, 4) is 11.5 Å². The maximum Gasteiger partial charge on any atom is 0.343 e. The lowest BCUT2D eigenvalue weighted by molar-refractivity contribution is -0.142. The van der Waals surface area contributed by atoms with Gasteiger partial charge in [-0.05, 0) is 36.4 Å². The largest absolute Gasteiger partial charge is 0.493 e. The molecule has 0 atom stereocenters. The van der Waals surface area contributed by atoms with Crippen molar-refractivity contribution in [2.45, 2.75) is 0 Å². The predicted molar refractivity (Wildman–Crippen MR) is 93.4 cm³/mol. The highest BCUT2D eigenvalue weighted by molar-refractivity contribution is 6.05. The van der Waals surface area contributed by atoms with Crippen LogP contribution in [0.15, 0.2) is 36.4 Å². The van der Waals surface area contributed by atoms with Gasteiger partial charge < -0.3 is 25.3 Å². The van der Waals surface area contributed by atoms with Gasteiger partial charge in [-0.15, -0.1) is 0 Å². The Morgan fingerprint density at radius 3 is 2.44 bits per heavy atom. The minimum atomic E-state index is -0.947. The molecule has 2 amide bonds. The summed E-state index contributed by atoms with van der Waals surface area (Å²) in [5, 5.41) is 2.53. The summed E-state index contributed by atoms with van der Waals surface area (Å²) in [5.41, 5.74) is 5.15. The zero-order valence-electron chi connectivity index (χ0n) is 14.6. The van der Waals surface area contributed by atoms with Crippen LogP contribution in [0.1, 0.15) is 20.7 Å². The topological polar surface area (TPSA) is 117 Å². The van der Waals surface area contributed by atoms with Gasteiger partial charge >= 0.3 is 5.97 Å². The molecule has 0 unspecified atom stereocenters. The Hall–Kier alpha value is -3.62. The number of nitrogens with two attached hydrogens (primary N) is 1. The second-order valence-corrected chi connectivity index (χ2v) is 5.24. The summed E-state index contributed by atoms with van der Waals surface area (Å²) in [4.78, 5) is 34.7. The average Bonchev–Trinajstić information content (AvgIpc) is 2.66. The number of halogens is 1. The average molecular weight is 376 g/mol. The summed E-state index contributed by atoms with van der Waals surface area (Å²) in [6.45, 7) is -0.316. The number of hydrogen-bond acceptors (Lipinski definition) is 6. The van der Waals surface area contributed by atoms with Crippen LogP contribution in [0.5, 0.6) is 11.5 Å². The molecule has 0 saturated heterocycles. The number of rotatable bonds is 7. The van der Waals surface area contributed by atoms with E-state index in [1.807, 2.05) is 0 Å². The van der Waals surface area contributed by atoms with Crippen LogP contribution < -0.4 is 20.5 Å². The van der Waals surface area contributed by atoms with Crippen molar-refractivity contribution in [1.29, 1.82) is 0 Å². The van der Waals surface area contributed by atoms with E-state index in [0.29, 0.717) is 0 Å². The van der Waals surface area contributed by atoms with E-state index < -0.39 is 23.6 Å². The highest BCUT2D eigenvalue weighted by atomic mass is 19.1. The molecule has 0 fully saturated rings. The molecular formula is C18H17FN2O6. The number of methoxy groups -OCH3 is 2. The highest BCUT2D eigenvalue weighted by Crippen LogP contribution is 2.28. The fraction of sp³-hybridized carbons (Fsp3) is 0.167. The minimum absolute atomic E-state index is 0.195. The first-order valence-electron chi connectivity index (χ1n) is 7.64. The molecule has 0 heterocycles. The zero-order valence-corrected chi connectivity index (χ0v) is 14.6. The molecule has 3 N–H and O–H groups in total. The Morgan fingerprint density at radius 1 is 1.07 bits per heavy atom. The molecule has 0 radical (unpaired) electrons. The van der Waals surface area contributed by atoms with Gasteiger partial charge in [0.2, 0.25) is 0 Å². The first-order chi connectivity index (χ1) is 12.8. The molecule has 0 aliphatic heterocycles. The maximum atomic E-state index is 13.5. The lowest BCUT2D eigenvalue weighted by Gasteiger charge is -2.12. The van der Waals surface area contributed by atoms with Gasteiger partial charge in [0.1, 0.15) is 5.82 Å². The summed E-state index contributed by atoms with van der Waals surface area (Å²) < 4.78 is 28.4. The normalized spacial score (nSPS) is 10.0. The number of carbonyl (C=O) groups is 3. The van der Waals surface area contributed by atoms with Crippen LogP contribution in [0, 0.1) is 5.82 Å². The van der Waals surface area contributed by atoms with Gasteiger partial charge in [0.05, 0.1) is 19.8 Å². The van der Waals surface area contributed by atoms with E-state index in [9.17, 15) is 18.8 Å². The van der Waals surface area contributed by atoms with E-state index in [2.05, 4.69) is 10.1 Å². The predicted octanol–water partition coefficient (Wildman–Crippen LogP) is 1.74. The Morgan fingerprint density at radius 2 is 1.81 bits per heavy atom. The molecule has 8 nitrogen and oxygen atoms in total. The number of primary amides is 1. The van der Waals surface area contributed by atoms with Gasteiger partial charge in [0, 0.05) is 11.3 Å². The number of hydrogen-bond donors (Lipinski definition) is 2. The molecule has 0 bridgehead atoms. The first kappa shape index (κ1) is 19.7. The van der Waals surface area contributed by atoms with Crippen LogP contribution in [0.2, 0.25) is 0 Å². The van der Waals surface area contributed by atoms with Crippen molar-refractivity contribution in [2.75, 3.05) is 26.1 Å². The van der Waals surface area contributed by atoms with Crippen molar-refractivity contribution in [1.82, 2.24) is 0 Å². The minimum Gasteiger partial charge on any atom is -0.493 e. The van der Waals surface area contributed by atoms with Crippen molar-refractivity contribution in [3.63, 3.8) is 0 Å². The summed E-state index contributed by atoms with van der Waals surface area (Å²) in [7, 11) is 2.61. The number of ether oxygens (including phenoxy) is 3. The summed E-state index contributed by atoms with van der Waals surface area (Å²) in [5.74, 6) is -2.36. The second kappa shape index (κ2) is 8.65. The molecule has 9 heteroatoms. The van der Waals surface area contributed by atoms with E-state index in [1.165, 1.54) is 38.5 Å². The third-order valence-corrected chi connectivity index (χ3v) is 3.49. The number of amides is 2. The third kappa shape index (κ3) is 4.94. The highest BCUT2D eigenvalue weighted by Gasteiger charge is 2.14. The van der Waals surface area contributed by atoms with Crippen molar-refractivity contribution in [3.05, 3.63) is 53.3 Å². The van der Waals surface area contributed by atoms with Gasteiger partial charge in [0.25, 0.3) is 11.8 Å². The molecule has 2 aromatic rings. The first-order valence-corrected chi connectivity index (χ1v) is 7.64. The van der Waals surface area contributed by atoms with Crippen LogP contribution in [-0.4, -0.2) is 38.6 Å². The Kier molecular flexibility index (Phi) is 6.32. The van der Waals surface area contributed by atoms with Crippen molar-refractivity contribution >= 4 is 23.5 Å². The molecule has 0 aliphatic rings. The molecule has 2 rings (SSSR count). The summed E-state index contributed by atoms with van der Waals surface area (Å²) in [6.07, 6.45) is 0. The maximum absolute atomic E-state index is 13.5. The standard InChI is InChI=1S/C18H17FN2O6/c1-25-15-7-10(3-6-14(15)27-9-16(22)26-2)18(24)21-11-4-5-13(19)12(8-11)17(20)23/h3-8H,9H2,1-2H3,(H2,20,23)(H,21,24). The lowest BCUT2D eigenvalue weighted by atomic mass is 10.1. The summed E-state index contributed by atoms with van der Waals surface area (Å²) in [6, 6.07) is 7.77. The fourth-order valence-electron chi connectivity index (χ4n) is 2.12. The molecule has 0 aliphatic carbocycles. The van der Waals surface area contributed by atoms with E-state index in [4.69, 9.17) is 15.2 Å². The number of benzene rings is 2. The smallest absolute Gasteiger partial charge is 0.343 e. The monoisotopic (exact) mass is 376 g/mol. The Labute approximate surface area is 154 Å². The van der Waals surface area contributed by atoms with Gasteiger partial charge in [-0.25, -0.2) is 9.18 Å². The molecule has 27 heavy (non-hydrogen) atoms. The molecular weight excluding hydrogens is 359 g/mol. The van der Waals surface area contributed by atoms with E-state index >= 15 is 0 Å². The van der Waals surface area contributed by atoms with Gasteiger partial charge in [-0.1, -0.05) is 0 Å². The summed E-state index contributed by atoms with van der Waals surface area (Å²) >= 11 is 0. The van der Waals surface area contributed by atoms with Crippen LogP contribution in [0.25, 0.3) is 0 Å². The Balaban J connectivity index is 2.18. The number of esters is 1. The van der Waals surface area contributed by atoms with Crippen molar-refractivity contribution in [2.24, 2.45) is 5.73 Å². The van der Waals surface area contributed by atoms with Crippen molar-refractivity contribution < 1.29 is 33.0 Å². The number of carbonyl (C=O) groups excluding carboxylic acids is 3. The van der Waals surface area contributed by atoms with Gasteiger partial charge in [-0.3, -0.25) is 9.59 Å². The molecule has 2 aromatic carbocycles. The molecule has 0 aromatic heterocycles. The van der Waals surface area contributed by atoms with Crippen LogP contribution in [0.4, 0.5) is 10.1 Å². The molecule has 0 spiro atoms. The van der Waals surface area contributed by atoms with Crippen LogP contribution in [0.3, 0.4) is 0 Å². The van der Waals surface area contributed by atoms with Gasteiger partial charge in [0.15, 0.2) is 18.1 Å². The quantitative estimate of drug-likeness (QED) is 0.711. The lowest BCUT2D eigenvalue weighted by Crippen LogP contribution is -2.16. The second-order valence-electron chi connectivity index (χ2n) is 5.24. The van der Waals surface area contributed by atoms with Gasteiger partial charge in [-0.2, -0.15) is 0 Å². The number of anilines is 1. The van der Waals surface area contributed by atoms with Crippen LogP contribution >= 0.6 is 0 Å². The third-order valence-electron chi connectivity index (χ3n) is 3.49. The van der Waals surface area contributed by atoms with Crippen LogP contribution in [-0.2, 0) is 9.53 Å². The SMILES string of the molecule is COC(=O)COc1ccc(C(=O)Nc2ccc(F)c(C(N)=O)c2)cc1OC. The van der Waals surface area contributed by atoms with E-state index in [-0.39, 0.29) is 34.9 Å². The Bertz CT molecular complexity index is 884. The molecule has 142 valence electrons. The van der Waals surface area contributed by atoms with E-state index in [1.54, 1.807) is 0 Å². The fourth-order valence-corrected chi connectivity index (χ4v) is 2.12. The molecule has 0 saturated carbocycles. The number of nitrogens with one attached hydrogen (secondary N) is 1. The zero-order chi connectivity index (χ0) is 20.0.